The fraction of sp³-hybridized carbons (Fsp3) is 0.381. The number of benzene rings is 1. The lowest BCUT2D eigenvalue weighted by Crippen LogP contribution is -2.37. The zero-order valence-electron chi connectivity index (χ0n) is 16.2. The molecule has 0 radical (unpaired) electrons. The van der Waals surface area contributed by atoms with Crippen molar-refractivity contribution >= 4 is 11.9 Å². The molecule has 0 bridgehead atoms. The van der Waals surface area contributed by atoms with E-state index in [9.17, 15) is 10.1 Å². The van der Waals surface area contributed by atoms with Gasteiger partial charge in [-0.3, -0.25) is 4.90 Å². The average Bonchev–Trinajstić information content (AvgIpc) is 3.20. The van der Waals surface area contributed by atoms with Gasteiger partial charge >= 0.3 is 6.09 Å². The van der Waals surface area contributed by atoms with Crippen LogP contribution < -0.4 is 9.64 Å². The number of rotatable bonds is 4. The minimum absolute atomic E-state index is 0.0911. The molecule has 2 aliphatic heterocycles. The number of amides is 1. The van der Waals surface area contributed by atoms with Crippen LogP contribution in [0.15, 0.2) is 30.3 Å². The maximum absolute atomic E-state index is 12.4. The van der Waals surface area contributed by atoms with Gasteiger partial charge in [0.15, 0.2) is 0 Å². The van der Waals surface area contributed by atoms with Crippen LogP contribution >= 0.6 is 0 Å². The lowest BCUT2D eigenvalue weighted by atomic mass is 10.1. The third-order valence-electron chi connectivity index (χ3n) is 5.39. The average molecular weight is 378 g/mol. The maximum atomic E-state index is 12.4. The highest BCUT2D eigenvalue weighted by molar-refractivity contribution is 5.72. The van der Waals surface area contributed by atoms with Crippen LogP contribution in [0.4, 0.5) is 10.6 Å². The minimum Gasteiger partial charge on any atom is -0.496 e. The standard InChI is InChI=1S/C21H22N4O3/c1-13-8-14(2)23-20(16(13)9-22)24-11-17-19(12-24)28-21(26)25(17)10-15-6-4-5-7-18(15)27-3/h4-8,17,19H,10-12H2,1-3H3/t17-,19+/m1/s1. The summed E-state index contributed by atoms with van der Waals surface area (Å²) in [7, 11) is 1.62. The Balaban J connectivity index is 1.59. The molecule has 2 aliphatic rings. The van der Waals surface area contributed by atoms with E-state index in [1.807, 2.05) is 44.2 Å². The molecule has 0 spiro atoms. The van der Waals surface area contributed by atoms with Gasteiger partial charge in [-0.15, -0.1) is 0 Å². The third kappa shape index (κ3) is 3.01. The number of hydrogen-bond acceptors (Lipinski definition) is 6. The number of methoxy groups -OCH3 is 1. The summed E-state index contributed by atoms with van der Waals surface area (Å²) in [5.74, 6) is 1.42. The normalized spacial score (nSPS) is 20.7. The maximum Gasteiger partial charge on any atom is 0.410 e. The fourth-order valence-corrected chi connectivity index (χ4v) is 4.06. The van der Waals surface area contributed by atoms with Crippen molar-refractivity contribution in [1.29, 1.82) is 5.26 Å². The van der Waals surface area contributed by atoms with Gasteiger partial charge < -0.3 is 14.4 Å². The number of para-hydroxylation sites is 1. The van der Waals surface area contributed by atoms with Crippen molar-refractivity contribution in [3.05, 3.63) is 52.7 Å². The van der Waals surface area contributed by atoms with Gasteiger partial charge in [-0.2, -0.15) is 5.26 Å². The van der Waals surface area contributed by atoms with Crippen molar-refractivity contribution in [2.75, 3.05) is 25.1 Å². The molecule has 4 rings (SSSR count). The molecule has 1 aromatic carbocycles. The monoisotopic (exact) mass is 378 g/mol. The molecule has 0 aliphatic carbocycles. The van der Waals surface area contributed by atoms with Gasteiger partial charge in [0, 0.05) is 17.8 Å². The molecule has 0 unspecified atom stereocenters. The smallest absolute Gasteiger partial charge is 0.410 e. The first kappa shape index (κ1) is 18.1. The molecular formula is C21H22N4O3. The molecule has 1 aromatic heterocycles. The van der Waals surface area contributed by atoms with Crippen LogP contribution in [0.3, 0.4) is 0 Å². The minimum atomic E-state index is -0.311. The second kappa shape index (κ2) is 7.04. The topological polar surface area (TPSA) is 78.7 Å². The zero-order valence-corrected chi connectivity index (χ0v) is 16.2. The molecular weight excluding hydrogens is 356 g/mol. The Morgan fingerprint density at radius 3 is 2.86 bits per heavy atom. The SMILES string of the molecule is COc1ccccc1CN1C(=O)O[C@H]2CN(c3nc(C)cc(C)c3C#N)C[C@H]21. The van der Waals surface area contributed by atoms with Crippen LogP contribution in [-0.4, -0.2) is 48.3 Å². The van der Waals surface area contributed by atoms with Gasteiger partial charge in [0.25, 0.3) is 0 Å². The molecule has 0 N–H and O–H groups in total. The largest absolute Gasteiger partial charge is 0.496 e. The molecule has 1 amide bonds. The van der Waals surface area contributed by atoms with Crippen molar-refractivity contribution in [3.8, 4) is 11.8 Å². The lowest BCUT2D eigenvalue weighted by Gasteiger charge is -2.24. The number of pyridine rings is 1. The first-order chi connectivity index (χ1) is 13.5. The van der Waals surface area contributed by atoms with E-state index in [0.29, 0.717) is 31.0 Å². The Bertz CT molecular complexity index is 969. The van der Waals surface area contributed by atoms with Crippen molar-refractivity contribution in [2.45, 2.75) is 32.5 Å². The number of ether oxygens (including phenoxy) is 2. The molecule has 2 saturated heterocycles. The van der Waals surface area contributed by atoms with E-state index in [-0.39, 0.29) is 18.2 Å². The van der Waals surface area contributed by atoms with E-state index in [2.05, 4.69) is 16.0 Å². The van der Waals surface area contributed by atoms with E-state index >= 15 is 0 Å². The number of nitrogens with zero attached hydrogens (tertiary/aromatic N) is 4. The van der Waals surface area contributed by atoms with Crippen LogP contribution in [0.2, 0.25) is 0 Å². The number of hydrogen-bond donors (Lipinski definition) is 0. The van der Waals surface area contributed by atoms with E-state index in [0.717, 1.165) is 22.6 Å². The third-order valence-corrected chi connectivity index (χ3v) is 5.39. The van der Waals surface area contributed by atoms with Gasteiger partial charge in [-0.05, 0) is 31.5 Å². The Morgan fingerprint density at radius 2 is 2.11 bits per heavy atom. The second-order valence-corrected chi connectivity index (χ2v) is 7.23. The van der Waals surface area contributed by atoms with E-state index in [1.165, 1.54) is 0 Å². The predicted molar refractivity (Wildman–Crippen MR) is 103 cm³/mol. The van der Waals surface area contributed by atoms with Gasteiger partial charge in [0.1, 0.15) is 23.7 Å². The molecule has 7 heteroatoms. The van der Waals surface area contributed by atoms with Crippen LogP contribution in [0.1, 0.15) is 22.4 Å². The number of carbonyl (C=O) groups excluding carboxylic acids is 1. The van der Waals surface area contributed by atoms with Gasteiger partial charge in [0.2, 0.25) is 0 Å². The Hall–Kier alpha value is -3.27. The molecule has 0 saturated carbocycles. The second-order valence-electron chi connectivity index (χ2n) is 7.23. The molecule has 28 heavy (non-hydrogen) atoms. The highest BCUT2D eigenvalue weighted by Gasteiger charge is 2.48. The lowest BCUT2D eigenvalue weighted by molar-refractivity contribution is 0.135. The Kier molecular flexibility index (Phi) is 4.55. The zero-order chi connectivity index (χ0) is 19.8. The van der Waals surface area contributed by atoms with E-state index in [1.54, 1.807) is 12.0 Å². The number of fused-ring (bicyclic) bond motifs is 1. The Labute approximate surface area is 164 Å². The van der Waals surface area contributed by atoms with Crippen LogP contribution in [0.25, 0.3) is 0 Å². The van der Waals surface area contributed by atoms with Gasteiger partial charge in [-0.25, -0.2) is 9.78 Å². The summed E-state index contributed by atoms with van der Waals surface area (Å²) in [6, 6.07) is 11.7. The van der Waals surface area contributed by atoms with E-state index < -0.39 is 0 Å². The summed E-state index contributed by atoms with van der Waals surface area (Å²) in [5.41, 5.74) is 3.29. The summed E-state index contributed by atoms with van der Waals surface area (Å²) in [6.45, 7) is 5.37. The molecule has 2 aromatic rings. The molecule has 2 atom stereocenters. The first-order valence-electron chi connectivity index (χ1n) is 9.24. The van der Waals surface area contributed by atoms with Gasteiger partial charge in [-0.1, -0.05) is 18.2 Å². The molecule has 2 fully saturated rings. The predicted octanol–water partition coefficient (Wildman–Crippen LogP) is 2.79. The summed E-state index contributed by atoms with van der Waals surface area (Å²) in [4.78, 5) is 20.8. The molecule has 144 valence electrons. The summed E-state index contributed by atoms with van der Waals surface area (Å²) < 4.78 is 11.0. The molecule has 3 heterocycles. The van der Waals surface area contributed by atoms with Crippen LogP contribution in [0.5, 0.6) is 5.75 Å². The van der Waals surface area contributed by atoms with E-state index in [4.69, 9.17) is 9.47 Å². The van der Waals surface area contributed by atoms with Crippen molar-refractivity contribution in [3.63, 3.8) is 0 Å². The van der Waals surface area contributed by atoms with Gasteiger partial charge in [0.05, 0.1) is 31.8 Å². The quantitative estimate of drug-likeness (QED) is 0.814. The number of carbonyl (C=O) groups is 1. The summed E-state index contributed by atoms with van der Waals surface area (Å²) in [5, 5.41) is 9.57. The number of anilines is 1. The summed E-state index contributed by atoms with van der Waals surface area (Å²) in [6.07, 6.45) is -0.550. The van der Waals surface area contributed by atoms with Crippen molar-refractivity contribution < 1.29 is 14.3 Å². The number of nitriles is 1. The fourth-order valence-electron chi connectivity index (χ4n) is 4.06. The Morgan fingerprint density at radius 1 is 1.32 bits per heavy atom. The van der Waals surface area contributed by atoms with Crippen LogP contribution in [-0.2, 0) is 11.3 Å². The molecule has 7 nitrogen and oxygen atoms in total. The van der Waals surface area contributed by atoms with Crippen molar-refractivity contribution in [2.24, 2.45) is 0 Å². The van der Waals surface area contributed by atoms with Crippen molar-refractivity contribution in [1.82, 2.24) is 9.88 Å². The number of aromatic nitrogens is 1. The first-order valence-corrected chi connectivity index (χ1v) is 9.24. The highest BCUT2D eigenvalue weighted by Crippen LogP contribution is 2.34. The number of aryl methyl sites for hydroxylation is 2. The summed E-state index contributed by atoms with van der Waals surface area (Å²) >= 11 is 0. The van der Waals surface area contributed by atoms with Crippen LogP contribution in [0, 0.1) is 25.2 Å². The highest BCUT2D eigenvalue weighted by atomic mass is 16.6.